The smallest absolute Gasteiger partial charge is 0.744 e. The fraction of sp³-hybridized carbons (Fsp3) is 0.0588. The number of aromatic nitrogens is 4. The van der Waals surface area contributed by atoms with E-state index in [4.69, 9.17) is 11.6 Å². The van der Waals surface area contributed by atoms with Crippen LogP contribution in [0.1, 0.15) is 11.1 Å². The van der Waals surface area contributed by atoms with Crippen LogP contribution < -0.4 is 99.3 Å². The van der Waals surface area contributed by atoms with Gasteiger partial charge in [-0.1, -0.05) is 23.8 Å². The van der Waals surface area contributed by atoms with Gasteiger partial charge in [0.05, 0.1) is 36.3 Å². The molecule has 0 unspecified atom stereocenters. The Morgan fingerprint density at radius 2 is 1.35 bits per heavy atom. The molecule has 7 aromatic rings. The molecule has 0 atom stereocenters. The number of aromatic hydroxyl groups is 1. The number of phenols is 1. The molecule has 60 heavy (non-hydrogen) atoms. The summed E-state index contributed by atoms with van der Waals surface area (Å²) in [6.07, 6.45) is 0. The Kier molecular flexibility index (Phi) is 16.1. The molecule has 0 aliphatic heterocycles. The summed E-state index contributed by atoms with van der Waals surface area (Å²) in [7, 11) is -15.3. The monoisotopic (exact) mass is 934 g/mol. The minimum absolute atomic E-state index is 0. The third-order valence-corrected chi connectivity index (χ3v) is 12.3. The van der Waals surface area contributed by atoms with E-state index in [-0.39, 0.29) is 138 Å². The fourth-order valence-electron chi connectivity index (χ4n) is 5.62. The zero-order chi connectivity index (χ0) is 41.0. The van der Waals surface area contributed by atoms with Crippen molar-refractivity contribution in [2.24, 2.45) is 10.2 Å². The van der Waals surface area contributed by atoms with Gasteiger partial charge in [-0.2, -0.15) is 20.1 Å². The number of aryl methyl sites for hydroxylation is 2. The Balaban J connectivity index is 0.00000265. The number of halogens is 1. The van der Waals surface area contributed by atoms with Gasteiger partial charge in [-0.3, -0.25) is 0 Å². The Labute approximate surface area is 417 Å². The van der Waals surface area contributed by atoms with E-state index in [1.807, 2.05) is 6.92 Å². The van der Waals surface area contributed by atoms with Crippen LogP contribution in [-0.2, 0) is 30.4 Å². The predicted octanol–water partition coefficient (Wildman–Crippen LogP) is -2.10. The molecule has 0 saturated carbocycles. The van der Waals surface area contributed by atoms with E-state index in [9.17, 15) is 44.0 Å². The van der Waals surface area contributed by atoms with Crippen molar-refractivity contribution in [3.05, 3.63) is 95.3 Å². The SMILES string of the molecule is Cc1ccc(N=Nc2c(S(=O)(=O)[O-])cc3cc(S(=O)(=O)[O-])cc(Nc4nc(Cl)nc(Nc5ccc(-c6nc7ccc(C)c(S(=O)(=O)[O-])c7s6)cc5)n4)c3c2O)cc1.[Na+].[Na+].[Na+]. The number of nitrogens with zero attached hydrogens (tertiary/aromatic N) is 6. The van der Waals surface area contributed by atoms with Gasteiger partial charge in [0.1, 0.15) is 41.0 Å². The van der Waals surface area contributed by atoms with Gasteiger partial charge in [-0.25, -0.2) is 30.2 Å². The van der Waals surface area contributed by atoms with Gasteiger partial charge >= 0.3 is 88.7 Å². The Morgan fingerprint density at radius 1 is 0.717 bits per heavy atom. The second-order valence-electron chi connectivity index (χ2n) is 12.2. The molecule has 292 valence electrons. The van der Waals surface area contributed by atoms with Gasteiger partial charge in [-0.15, -0.1) is 16.5 Å². The summed E-state index contributed by atoms with van der Waals surface area (Å²) in [5.74, 6) is -1.39. The van der Waals surface area contributed by atoms with E-state index in [0.717, 1.165) is 35.1 Å². The van der Waals surface area contributed by atoms with Crippen molar-refractivity contribution in [2.45, 2.75) is 28.5 Å². The van der Waals surface area contributed by atoms with Crippen LogP contribution in [0.3, 0.4) is 0 Å². The van der Waals surface area contributed by atoms with Crippen molar-refractivity contribution in [1.82, 2.24) is 19.9 Å². The van der Waals surface area contributed by atoms with E-state index in [0.29, 0.717) is 27.3 Å². The molecule has 0 aliphatic carbocycles. The molecular formula is C34H22ClN8Na3O10S4. The van der Waals surface area contributed by atoms with Gasteiger partial charge < -0.3 is 29.4 Å². The fourth-order valence-corrected chi connectivity index (χ4v) is 9.24. The van der Waals surface area contributed by atoms with Crippen LogP contribution in [0.5, 0.6) is 5.75 Å². The van der Waals surface area contributed by atoms with E-state index >= 15 is 0 Å². The summed E-state index contributed by atoms with van der Waals surface area (Å²) in [6.45, 7) is 3.34. The maximum absolute atomic E-state index is 12.3. The molecule has 0 amide bonds. The van der Waals surface area contributed by atoms with Crippen LogP contribution in [0.25, 0.3) is 31.6 Å². The predicted molar refractivity (Wildman–Crippen MR) is 206 cm³/mol. The maximum Gasteiger partial charge on any atom is 1.00 e. The quantitative estimate of drug-likeness (QED) is 0.0752. The Bertz CT molecular complexity index is 3160. The number of benzene rings is 5. The topological polar surface area (TPSA) is 292 Å². The van der Waals surface area contributed by atoms with Crippen LogP contribution in [0.4, 0.5) is 34.6 Å². The number of phenolic OH excluding ortho intramolecular Hbond substituents is 1. The number of nitrogens with one attached hydrogen (secondary N) is 2. The number of hydrogen-bond acceptors (Lipinski definition) is 19. The van der Waals surface area contributed by atoms with E-state index in [1.165, 1.54) is 13.0 Å². The average Bonchev–Trinajstić information content (AvgIpc) is 3.54. The first-order valence-electron chi connectivity index (χ1n) is 15.9. The zero-order valence-electron chi connectivity index (χ0n) is 31.8. The molecule has 0 radical (unpaired) electrons. The van der Waals surface area contributed by atoms with Gasteiger partial charge in [0.15, 0.2) is 5.75 Å². The van der Waals surface area contributed by atoms with Crippen molar-refractivity contribution >= 4 is 109 Å². The van der Waals surface area contributed by atoms with Crippen molar-refractivity contribution in [2.75, 3.05) is 10.6 Å². The summed E-state index contributed by atoms with van der Waals surface area (Å²) in [5.41, 5.74) is 1.69. The molecule has 7 rings (SSSR count). The normalized spacial score (nSPS) is 11.8. The maximum atomic E-state index is 12.3. The first-order chi connectivity index (χ1) is 26.7. The first kappa shape index (κ1) is 49.9. The first-order valence-corrected chi connectivity index (χ1v) is 21.3. The molecular weight excluding hydrogens is 913 g/mol. The van der Waals surface area contributed by atoms with Crippen LogP contribution in [0, 0.1) is 13.8 Å². The minimum Gasteiger partial charge on any atom is -0.744 e. The largest absolute Gasteiger partial charge is 1.00 e. The van der Waals surface area contributed by atoms with Crippen molar-refractivity contribution < 1.29 is 133 Å². The van der Waals surface area contributed by atoms with Gasteiger partial charge in [0.2, 0.25) is 17.2 Å². The van der Waals surface area contributed by atoms with E-state index < -0.39 is 51.6 Å². The summed E-state index contributed by atoms with van der Waals surface area (Å²) >= 11 is 7.24. The van der Waals surface area contributed by atoms with Crippen molar-refractivity contribution in [3.8, 4) is 16.3 Å². The standard InChI is InChI=1S/C34H25ClN8O10S4.3Na/c1-16-3-8-21(9-4-16)42-43-27-25(56(48,49)50)14-19-13-22(55(45,46)47)15-24(26(19)28(27)44)38-34-40-32(35)39-33(41-34)36-20-10-6-18(7-11-20)31-37-23-12-5-17(2)30(29(23)54-31)57(51,52)53;;;/h3-15,44H,1-2H3,(H,45,46,47)(H,48,49,50)(H,51,52,53)(H2,36,38,39,40,41);;;/q;3*+1/p-3. The number of rotatable bonds is 10. The second kappa shape index (κ2) is 19.3. The third kappa shape index (κ3) is 11.1. The summed E-state index contributed by atoms with van der Waals surface area (Å²) in [6, 6.07) is 18.5. The molecule has 0 bridgehead atoms. The number of hydrogen-bond donors (Lipinski definition) is 3. The van der Waals surface area contributed by atoms with Crippen LogP contribution >= 0.6 is 22.9 Å². The van der Waals surface area contributed by atoms with Crippen molar-refractivity contribution in [3.63, 3.8) is 0 Å². The number of azo groups is 1. The summed E-state index contributed by atoms with van der Waals surface area (Å²) in [4.78, 5) is 14.5. The Morgan fingerprint density at radius 3 is 1.95 bits per heavy atom. The Hall–Kier alpha value is -2.72. The van der Waals surface area contributed by atoms with E-state index in [2.05, 4.69) is 40.8 Å². The van der Waals surface area contributed by atoms with Gasteiger partial charge in [0, 0.05) is 16.6 Å². The molecule has 0 aliphatic rings. The third-order valence-electron chi connectivity index (χ3n) is 8.18. The van der Waals surface area contributed by atoms with Crippen molar-refractivity contribution in [1.29, 1.82) is 0 Å². The van der Waals surface area contributed by atoms with Crippen LogP contribution in [0.15, 0.2) is 104 Å². The molecule has 0 spiro atoms. The molecule has 26 heteroatoms. The summed E-state index contributed by atoms with van der Waals surface area (Å²) < 4.78 is 110. The second-order valence-corrected chi connectivity index (χ2v) is 17.6. The van der Waals surface area contributed by atoms with Gasteiger partial charge in [-0.05, 0) is 97.1 Å². The van der Waals surface area contributed by atoms with Crippen LogP contribution in [0.2, 0.25) is 5.28 Å². The molecule has 18 nitrogen and oxygen atoms in total. The molecule has 5 aromatic carbocycles. The number of anilines is 4. The van der Waals surface area contributed by atoms with Gasteiger partial charge in [0.25, 0.3) is 0 Å². The molecule has 0 saturated heterocycles. The van der Waals surface area contributed by atoms with Crippen LogP contribution in [-0.4, -0.2) is 64.0 Å². The minimum atomic E-state index is -5.36. The number of fused-ring (bicyclic) bond motifs is 2. The average molecular weight is 935 g/mol. The number of thiazole rings is 1. The molecule has 2 aromatic heterocycles. The molecule has 0 fully saturated rings. The zero-order valence-corrected chi connectivity index (χ0v) is 41.8. The molecule has 2 heterocycles. The van der Waals surface area contributed by atoms with E-state index in [1.54, 1.807) is 54.6 Å². The molecule has 3 N–H and O–H groups in total. The summed E-state index contributed by atoms with van der Waals surface area (Å²) in [5, 5.41) is 24.2.